The van der Waals surface area contributed by atoms with Crippen molar-refractivity contribution in [3.05, 3.63) is 82.4 Å². The molecule has 35 heavy (non-hydrogen) atoms. The van der Waals surface area contributed by atoms with Crippen molar-refractivity contribution >= 4 is 34.7 Å². The lowest BCUT2D eigenvalue weighted by Crippen LogP contribution is -2.55. The van der Waals surface area contributed by atoms with Gasteiger partial charge in [-0.2, -0.15) is 0 Å². The van der Waals surface area contributed by atoms with Gasteiger partial charge in [-0.25, -0.2) is 0 Å². The highest BCUT2D eigenvalue weighted by atomic mass is 35.5. The third-order valence-corrected chi connectivity index (χ3v) is 7.10. The Labute approximate surface area is 208 Å². The predicted molar refractivity (Wildman–Crippen MR) is 136 cm³/mol. The number of nitrogens with zero attached hydrogens (tertiary/aromatic N) is 2. The number of phenols is 2. The quantitative estimate of drug-likeness (QED) is 0.480. The molecule has 1 amide bonds. The van der Waals surface area contributed by atoms with E-state index in [0.29, 0.717) is 40.6 Å². The van der Waals surface area contributed by atoms with Gasteiger partial charge < -0.3 is 25.3 Å². The number of hydrogen-bond donors (Lipinski definition) is 3. The van der Waals surface area contributed by atoms with E-state index in [2.05, 4.69) is 10.2 Å². The van der Waals surface area contributed by atoms with E-state index in [-0.39, 0.29) is 29.7 Å². The first kappa shape index (κ1) is 23.2. The summed E-state index contributed by atoms with van der Waals surface area (Å²) < 4.78 is 0. The Morgan fingerprint density at radius 1 is 0.914 bits per heavy atom. The van der Waals surface area contributed by atoms with Crippen LogP contribution in [0.3, 0.4) is 0 Å². The zero-order valence-corrected chi connectivity index (χ0v) is 20.0. The van der Waals surface area contributed by atoms with Crippen LogP contribution in [0.15, 0.2) is 60.7 Å². The van der Waals surface area contributed by atoms with Gasteiger partial charge in [0.2, 0.25) is 5.91 Å². The standard InChI is InChI=1S/C27H26ClN3O4/c1-27(18-4-8-21(33)9-5-18)25(34)24-22(30-12-10-29-11-13-30)14-19(28)15-23(24)31(26(27)35)16-17-2-6-20(32)7-3-17/h2-9,14-15,29,32-33H,10-13,16H2,1H3. The molecule has 3 aromatic carbocycles. The summed E-state index contributed by atoms with van der Waals surface area (Å²) in [6.07, 6.45) is 0. The number of amides is 1. The monoisotopic (exact) mass is 491 g/mol. The number of ketones is 1. The summed E-state index contributed by atoms with van der Waals surface area (Å²) in [5, 5.41) is 23.3. The largest absolute Gasteiger partial charge is 0.508 e. The highest BCUT2D eigenvalue weighted by Crippen LogP contribution is 2.46. The van der Waals surface area contributed by atoms with E-state index in [0.717, 1.165) is 18.7 Å². The lowest BCUT2D eigenvalue weighted by Gasteiger charge is -2.42. The highest BCUT2D eigenvalue weighted by Gasteiger charge is 2.52. The molecule has 8 heteroatoms. The molecule has 2 heterocycles. The molecule has 2 aliphatic rings. The fourth-order valence-electron chi connectivity index (χ4n) is 4.90. The van der Waals surface area contributed by atoms with Crippen molar-refractivity contribution in [2.75, 3.05) is 36.0 Å². The maximum absolute atomic E-state index is 14.2. The van der Waals surface area contributed by atoms with E-state index in [1.807, 2.05) is 0 Å². The molecule has 2 aliphatic heterocycles. The molecular formula is C27H26ClN3O4. The normalized spacial score (nSPS) is 20.2. The second-order valence-corrected chi connectivity index (χ2v) is 9.55. The number of fused-ring (bicyclic) bond motifs is 1. The van der Waals surface area contributed by atoms with Crippen LogP contribution >= 0.6 is 11.6 Å². The Morgan fingerprint density at radius 2 is 1.49 bits per heavy atom. The van der Waals surface area contributed by atoms with Crippen LogP contribution in [-0.4, -0.2) is 48.1 Å². The van der Waals surface area contributed by atoms with Gasteiger partial charge in [-0.3, -0.25) is 9.59 Å². The molecule has 1 saturated heterocycles. The number of aromatic hydroxyl groups is 2. The third kappa shape index (κ3) is 4.00. The van der Waals surface area contributed by atoms with E-state index in [4.69, 9.17) is 11.6 Å². The molecule has 3 N–H and O–H groups in total. The van der Waals surface area contributed by atoms with E-state index < -0.39 is 5.41 Å². The lowest BCUT2D eigenvalue weighted by molar-refractivity contribution is -0.122. The van der Waals surface area contributed by atoms with Crippen LogP contribution < -0.4 is 15.1 Å². The molecule has 0 saturated carbocycles. The summed E-state index contributed by atoms with van der Waals surface area (Å²) in [7, 11) is 0. The topological polar surface area (TPSA) is 93.1 Å². The zero-order valence-electron chi connectivity index (χ0n) is 19.3. The second kappa shape index (κ2) is 8.91. The molecule has 1 atom stereocenters. The minimum atomic E-state index is -1.49. The van der Waals surface area contributed by atoms with Crippen LogP contribution in [0.25, 0.3) is 0 Å². The van der Waals surface area contributed by atoms with Gasteiger partial charge in [-0.05, 0) is 54.4 Å². The summed E-state index contributed by atoms with van der Waals surface area (Å²) in [6, 6.07) is 16.3. The summed E-state index contributed by atoms with van der Waals surface area (Å²) in [6.45, 7) is 4.83. The molecule has 0 aromatic heterocycles. The number of benzene rings is 3. The molecule has 1 unspecified atom stereocenters. The Morgan fingerprint density at radius 3 is 2.11 bits per heavy atom. The van der Waals surface area contributed by atoms with Crippen LogP contribution in [0.4, 0.5) is 11.4 Å². The number of carbonyl (C=O) groups is 2. The molecule has 0 aliphatic carbocycles. The zero-order chi connectivity index (χ0) is 24.7. The number of carbonyl (C=O) groups excluding carboxylic acids is 2. The van der Waals surface area contributed by atoms with Gasteiger partial charge in [-0.15, -0.1) is 0 Å². The van der Waals surface area contributed by atoms with Gasteiger partial charge in [-0.1, -0.05) is 35.9 Å². The molecule has 3 aromatic rings. The lowest BCUT2D eigenvalue weighted by atomic mass is 9.71. The number of phenolic OH excluding ortho intramolecular Hbond substituents is 2. The summed E-state index contributed by atoms with van der Waals surface area (Å²) in [5.74, 6) is -0.479. The van der Waals surface area contributed by atoms with Crippen LogP contribution in [-0.2, 0) is 16.8 Å². The number of halogens is 1. The van der Waals surface area contributed by atoms with Crippen molar-refractivity contribution in [2.45, 2.75) is 18.9 Å². The Bertz CT molecular complexity index is 1290. The molecule has 0 radical (unpaired) electrons. The predicted octanol–water partition coefficient (Wildman–Crippen LogP) is 3.85. The van der Waals surface area contributed by atoms with Gasteiger partial charge in [0, 0.05) is 31.2 Å². The fourth-order valence-corrected chi connectivity index (χ4v) is 5.10. The molecule has 7 nitrogen and oxygen atoms in total. The van der Waals surface area contributed by atoms with Crippen LogP contribution in [0.5, 0.6) is 11.5 Å². The van der Waals surface area contributed by atoms with Crippen molar-refractivity contribution in [2.24, 2.45) is 0 Å². The first-order valence-corrected chi connectivity index (χ1v) is 11.9. The Balaban J connectivity index is 1.71. The van der Waals surface area contributed by atoms with E-state index in [1.54, 1.807) is 60.4 Å². The van der Waals surface area contributed by atoms with E-state index in [1.165, 1.54) is 12.1 Å². The van der Waals surface area contributed by atoms with Crippen LogP contribution in [0.2, 0.25) is 5.02 Å². The fraction of sp³-hybridized carbons (Fsp3) is 0.259. The summed E-state index contributed by atoms with van der Waals surface area (Å²) in [5.41, 5.74) is 1.47. The van der Waals surface area contributed by atoms with E-state index >= 15 is 0 Å². The number of hydrogen-bond acceptors (Lipinski definition) is 6. The molecular weight excluding hydrogens is 466 g/mol. The maximum Gasteiger partial charge on any atom is 0.245 e. The summed E-state index contributed by atoms with van der Waals surface area (Å²) >= 11 is 6.54. The van der Waals surface area contributed by atoms with Crippen LogP contribution in [0.1, 0.15) is 28.4 Å². The smallest absolute Gasteiger partial charge is 0.245 e. The summed E-state index contributed by atoms with van der Waals surface area (Å²) in [4.78, 5) is 32.1. The number of anilines is 2. The van der Waals surface area contributed by atoms with Gasteiger partial charge in [0.1, 0.15) is 16.9 Å². The van der Waals surface area contributed by atoms with Gasteiger partial charge in [0.25, 0.3) is 0 Å². The number of piperazine rings is 1. The van der Waals surface area contributed by atoms with Crippen molar-refractivity contribution in [3.63, 3.8) is 0 Å². The van der Waals surface area contributed by atoms with Gasteiger partial charge in [0.05, 0.1) is 23.5 Å². The highest BCUT2D eigenvalue weighted by molar-refractivity contribution is 6.34. The Kier molecular flexibility index (Phi) is 5.91. The second-order valence-electron chi connectivity index (χ2n) is 9.11. The SMILES string of the molecule is CC1(c2ccc(O)cc2)C(=O)c2c(N3CCNCC3)cc(Cl)cc2N(Cc2ccc(O)cc2)C1=O. The maximum atomic E-state index is 14.2. The van der Waals surface area contributed by atoms with Crippen molar-refractivity contribution in [1.29, 1.82) is 0 Å². The Hall–Kier alpha value is -3.55. The van der Waals surface area contributed by atoms with Gasteiger partial charge in [0.15, 0.2) is 5.78 Å². The molecule has 0 bridgehead atoms. The van der Waals surface area contributed by atoms with Crippen LogP contribution in [0, 0.1) is 0 Å². The first-order chi connectivity index (χ1) is 16.8. The number of Topliss-reactive ketones (excluding diaryl/α,β-unsaturated/α-hetero) is 1. The minimum Gasteiger partial charge on any atom is -0.508 e. The van der Waals surface area contributed by atoms with Gasteiger partial charge >= 0.3 is 0 Å². The average Bonchev–Trinajstić information content (AvgIpc) is 2.87. The molecule has 0 spiro atoms. The van der Waals surface area contributed by atoms with Crippen molar-refractivity contribution in [3.8, 4) is 11.5 Å². The van der Waals surface area contributed by atoms with E-state index in [9.17, 15) is 19.8 Å². The third-order valence-electron chi connectivity index (χ3n) is 6.89. The number of rotatable bonds is 4. The number of nitrogens with one attached hydrogen (secondary N) is 1. The molecule has 1 fully saturated rings. The van der Waals surface area contributed by atoms with Crippen molar-refractivity contribution in [1.82, 2.24) is 5.32 Å². The first-order valence-electron chi connectivity index (χ1n) is 11.5. The molecule has 5 rings (SSSR count). The minimum absolute atomic E-state index is 0.0581. The van der Waals surface area contributed by atoms with Crippen molar-refractivity contribution < 1.29 is 19.8 Å². The average molecular weight is 492 g/mol. The molecule has 180 valence electrons.